The second-order valence-electron chi connectivity index (χ2n) is 3.88. The second-order valence-corrected chi connectivity index (χ2v) is 4.28. The molecule has 2 aromatic carbocycles. The highest BCUT2D eigenvalue weighted by molar-refractivity contribution is 6.31. The maximum absolute atomic E-state index is 12.1. The zero-order valence-electron chi connectivity index (χ0n) is 9.51. The smallest absolute Gasteiger partial charge is 0.197 e. The van der Waals surface area contributed by atoms with E-state index in [1.807, 2.05) is 0 Å². The van der Waals surface area contributed by atoms with Gasteiger partial charge in [-0.05, 0) is 18.2 Å². The molecule has 0 aliphatic carbocycles. The molecule has 0 aromatic heterocycles. The van der Waals surface area contributed by atoms with E-state index in [0.717, 1.165) is 0 Å². The molecule has 92 valence electrons. The Morgan fingerprint density at radius 1 is 1.11 bits per heavy atom. The number of nitrogen functional groups attached to an aromatic ring is 1. The molecule has 4 heteroatoms. The number of Topliss-reactive ketones (excluding diaryl/α,β-unsaturated/α-hetero) is 1. The fourth-order valence-electron chi connectivity index (χ4n) is 1.71. The van der Waals surface area contributed by atoms with Crippen LogP contribution >= 0.6 is 11.6 Å². The summed E-state index contributed by atoms with van der Waals surface area (Å²) >= 11 is 5.95. The summed E-state index contributed by atoms with van der Waals surface area (Å²) in [7, 11) is 0. The molecule has 0 saturated carbocycles. The molecule has 0 bridgehead atoms. The highest BCUT2D eigenvalue weighted by Gasteiger charge is 2.22. The van der Waals surface area contributed by atoms with Crippen molar-refractivity contribution < 1.29 is 9.90 Å². The summed E-state index contributed by atoms with van der Waals surface area (Å²) in [5, 5.41) is 10.4. The number of hydrogen-bond donors (Lipinski definition) is 2. The number of carbonyl (C=O) groups excluding carboxylic acids is 1. The highest BCUT2D eigenvalue weighted by Crippen LogP contribution is 2.26. The van der Waals surface area contributed by atoms with E-state index < -0.39 is 11.9 Å². The molecule has 18 heavy (non-hydrogen) atoms. The zero-order valence-corrected chi connectivity index (χ0v) is 10.3. The highest BCUT2D eigenvalue weighted by atomic mass is 35.5. The molecule has 2 rings (SSSR count). The molecule has 3 nitrogen and oxygen atoms in total. The van der Waals surface area contributed by atoms with E-state index in [2.05, 4.69) is 0 Å². The Bertz CT molecular complexity index is 584. The molecule has 0 spiro atoms. The van der Waals surface area contributed by atoms with Gasteiger partial charge in [-0.3, -0.25) is 4.79 Å². The molecule has 0 saturated heterocycles. The van der Waals surface area contributed by atoms with Crippen molar-refractivity contribution in [2.45, 2.75) is 6.10 Å². The van der Waals surface area contributed by atoms with E-state index >= 15 is 0 Å². The van der Waals surface area contributed by atoms with Gasteiger partial charge in [-0.2, -0.15) is 0 Å². The molecule has 3 N–H and O–H groups in total. The Balaban J connectivity index is 2.36. The van der Waals surface area contributed by atoms with Crippen molar-refractivity contribution in [2.24, 2.45) is 0 Å². The largest absolute Gasteiger partial charge is 0.398 e. The lowest BCUT2D eigenvalue weighted by Crippen LogP contribution is -2.14. The molecule has 0 aliphatic rings. The predicted octanol–water partition coefficient (Wildman–Crippen LogP) is 2.84. The normalized spacial score (nSPS) is 12.1. The van der Waals surface area contributed by atoms with Crippen LogP contribution < -0.4 is 5.73 Å². The van der Waals surface area contributed by atoms with Gasteiger partial charge in [0, 0.05) is 21.8 Å². The summed E-state index contributed by atoms with van der Waals surface area (Å²) in [6.07, 6.45) is -1.30. The van der Waals surface area contributed by atoms with Crippen molar-refractivity contribution in [1.82, 2.24) is 0 Å². The number of aliphatic hydroxyl groups excluding tert-OH is 1. The lowest BCUT2D eigenvalue weighted by Gasteiger charge is -2.12. The van der Waals surface area contributed by atoms with Gasteiger partial charge in [0.05, 0.1) is 0 Å². The molecule has 0 amide bonds. The van der Waals surface area contributed by atoms with Gasteiger partial charge in [0.1, 0.15) is 6.10 Å². The first-order valence-corrected chi connectivity index (χ1v) is 5.80. The van der Waals surface area contributed by atoms with Crippen LogP contribution in [0.3, 0.4) is 0 Å². The predicted molar refractivity (Wildman–Crippen MR) is 71.6 cm³/mol. The lowest BCUT2D eigenvalue weighted by molar-refractivity contribution is 0.0748. The quantitative estimate of drug-likeness (QED) is 0.660. The topological polar surface area (TPSA) is 63.3 Å². The third kappa shape index (κ3) is 2.37. The SMILES string of the molecule is Nc1ccccc1C(=O)C(O)c1ccccc1Cl. The number of para-hydroxylation sites is 1. The van der Waals surface area contributed by atoms with Crippen LogP contribution in [0.2, 0.25) is 5.02 Å². The Morgan fingerprint density at radius 2 is 1.72 bits per heavy atom. The Hall–Kier alpha value is -1.84. The van der Waals surface area contributed by atoms with Crippen molar-refractivity contribution >= 4 is 23.1 Å². The van der Waals surface area contributed by atoms with Crippen LogP contribution in [-0.2, 0) is 0 Å². The molecule has 0 heterocycles. The van der Waals surface area contributed by atoms with Gasteiger partial charge in [0.25, 0.3) is 0 Å². The van der Waals surface area contributed by atoms with E-state index in [4.69, 9.17) is 17.3 Å². The zero-order chi connectivity index (χ0) is 13.1. The van der Waals surface area contributed by atoms with Crippen molar-refractivity contribution in [3.05, 3.63) is 64.7 Å². The summed E-state index contributed by atoms with van der Waals surface area (Å²) in [4.78, 5) is 12.1. The molecule has 0 aliphatic heterocycles. The van der Waals surface area contributed by atoms with Crippen molar-refractivity contribution in [3.8, 4) is 0 Å². The first-order valence-electron chi connectivity index (χ1n) is 5.42. The number of carbonyl (C=O) groups is 1. The monoisotopic (exact) mass is 261 g/mol. The van der Waals surface area contributed by atoms with Crippen LogP contribution in [0.4, 0.5) is 5.69 Å². The lowest BCUT2D eigenvalue weighted by atomic mass is 9.99. The molecule has 0 radical (unpaired) electrons. The van der Waals surface area contributed by atoms with Gasteiger partial charge in [-0.15, -0.1) is 0 Å². The molecule has 1 unspecified atom stereocenters. The average Bonchev–Trinajstić information content (AvgIpc) is 2.38. The first-order chi connectivity index (χ1) is 8.61. The van der Waals surface area contributed by atoms with Crippen LogP contribution in [0.15, 0.2) is 48.5 Å². The summed E-state index contributed by atoms with van der Waals surface area (Å²) in [5.41, 5.74) is 6.73. The van der Waals surface area contributed by atoms with Crippen molar-refractivity contribution in [1.29, 1.82) is 0 Å². The van der Waals surface area contributed by atoms with Gasteiger partial charge in [-0.25, -0.2) is 0 Å². The minimum absolute atomic E-state index is 0.296. The van der Waals surface area contributed by atoms with Crippen molar-refractivity contribution in [2.75, 3.05) is 5.73 Å². The molecular formula is C14H12ClNO2. The Morgan fingerprint density at radius 3 is 2.39 bits per heavy atom. The van der Waals surface area contributed by atoms with Crippen molar-refractivity contribution in [3.63, 3.8) is 0 Å². The second kappa shape index (κ2) is 5.21. The Labute approximate surface area is 110 Å². The van der Waals surface area contributed by atoms with Gasteiger partial charge < -0.3 is 10.8 Å². The van der Waals surface area contributed by atoms with Gasteiger partial charge >= 0.3 is 0 Å². The molecular weight excluding hydrogens is 250 g/mol. The van der Waals surface area contributed by atoms with Gasteiger partial charge in [0.2, 0.25) is 0 Å². The number of benzene rings is 2. The average molecular weight is 262 g/mol. The van der Waals surface area contributed by atoms with Crippen LogP contribution in [0.1, 0.15) is 22.0 Å². The maximum Gasteiger partial charge on any atom is 0.197 e. The number of anilines is 1. The van der Waals surface area contributed by atoms with Crippen LogP contribution in [0.25, 0.3) is 0 Å². The minimum Gasteiger partial charge on any atom is -0.398 e. The summed E-state index contributed by atoms with van der Waals surface area (Å²) in [6, 6.07) is 13.3. The number of nitrogens with two attached hydrogens (primary N) is 1. The van der Waals surface area contributed by atoms with Gasteiger partial charge in [0.15, 0.2) is 5.78 Å². The number of halogens is 1. The first kappa shape index (κ1) is 12.6. The fraction of sp³-hybridized carbons (Fsp3) is 0.0714. The number of aliphatic hydroxyl groups is 1. The summed E-state index contributed by atoms with van der Waals surface area (Å²) in [6.45, 7) is 0. The molecule has 1 atom stereocenters. The third-order valence-corrected chi connectivity index (χ3v) is 3.02. The summed E-state index contributed by atoms with van der Waals surface area (Å²) in [5.74, 6) is -0.457. The van der Waals surface area contributed by atoms with E-state index in [-0.39, 0.29) is 0 Å². The number of rotatable bonds is 3. The van der Waals surface area contributed by atoms with Crippen LogP contribution in [-0.4, -0.2) is 10.9 Å². The van der Waals surface area contributed by atoms with Gasteiger partial charge in [-0.1, -0.05) is 41.9 Å². The molecule has 0 fully saturated rings. The Kier molecular flexibility index (Phi) is 3.65. The fourth-order valence-corrected chi connectivity index (χ4v) is 1.95. The molecule has 2 aromatic rings. The summed E-state index contributed by atoms with van der Waals surface area (Å²) < 4.78 is 0. The van der Waals surface area contributed by atoms with Crippen LogP contribution in [0.5, 0.6) is 0 Å². The van der Waals surface area contributed by atoms with E-state index in [0.29, 0.717) is 21.8 Å². The van der Waals surface area contributed by atoms with Crippen LogP contribution in [0, 0.1) is 0 Å². The van der Waals surface area contributed by atoms with E-state index in [1.54, 1.807) is 48.5 Å². The minimum atomic E-state index is -1.30. The number of hydrogen-bond acceptors (Lipinski definition) is 3. The van der Waals surface area contributed by atoms with E-state index in [9.17, 15) is 9.90 Å². The maximum atomic E-state index is 12.1. The third-order valence-electron chi connectivity index (χ3n) is 2.67. The standard InChI is InChI=1S/C14H12ClNO2/c15-11-7-3-1-5-9(11)13(17)14(18)10-6-2-4-8-12(10)16/h1-8,13,17H,16H2. The number of ketones is 1. The van der Waals surface area contributed by atoms with E-state index in [1.165, 1.54) is 0 Å².